The summed E-state index contributed by atoms with van der Waals surface area (Å²) in [5.41, 5.74) is 7.03. The Hall–Kier alpha value is -2.62. The van der Waals surface area contributed by atoms with Crippen molar-refractivity contribution in [2.75, 3.05) is 18.9 Å². The molecule has 4 rings (SSSR count). The topological polar surface area (TPSA) is 49.4 Å². The number of likely N-dealkylation sites (N-methyl/N-ethyl adjacent to an activating group) is 1. The molecule has 0 fully saturated rings. The molecule has 0 spiro atoms. The lowest BCUT2D eigenvalue weighted by molar-refractivity contribution is -0.116. The molecule has 162 valence electrons. The SMILES string of the molecule is CC.CC(C)c1ccc2c(c1)C(=O)N(C)CC2.CCc1cccc2c1CCC(=O)N2. The molecule has 0 radical (unpaired) electrons. The van der Waals surface area contributed by atoms with Gasteiger partial charge >= 0.3 is 0 Å². The summed E-state index contributed by atoms with van der Waals surface area (Å²) in [6, 6.07) is 12.4. The Kier molecular flexibility index (Phi) is 8.64. The molecule has 0 saturated heterocycles. The molecule has 0 atom stereocenters. The molecule has 2 aliphatic heterocycles. The molecule has 2 aliphatic rings. The van der Waals surface area contributed by atoms with Crippen LogP contribution in [0, 0.1) is 0 Å². The van der Waals surface area contributed by atoms with Gasteiger partial charge in [0.1, 0.15) is 0 Å². The maximum atomic E-state index is 11.9. The van der Waals surface area contributed by atoms with E-state index >= 15 is 0 Å². The highest BCUT2D eigenvalue weighted by atomic mass is 16.2. The number of anilines is 1. The number of carbonyl (C=O) groups excluding carboxylic acids is 2. The fraction of sp³-hybridized carbons (Fsp3) is 0.462. The van der Waals surface area contributed by atoms with Gasteiger partial charge < -0.3 is 10.2 Å². The second-order valence-electron chi connectivity index (χ2n) is 7.89. The summed E-state index contributed by atoms with van der Waals surface area (Å²) in [5.74, 6) is 0.787. The molecule has 30 heavy (non-hydrogen) atoms. The Balaban J connectivity index is 0.000000199. The smallest absolute Gasteiger partial charge is 0.253 e. The standard InChI is InChI=1S/C13H17NO.C11H13NO.C2H6/c1-9(2)11-5-4-10-6-7-14(3)13(15)12(10)8-11;1-2-8-4-3-5-10-9(8)6-7-11(13)12-10;1-2/h4-5,8-9H,6-7H2,1-3H3;3-5H,2,6-7H2,1H3,(H,12,13);1-2H3. The molecular weight excluding hydrogens is 372 g/mol. The predicted molar refractivity (Wildman–Crippen MR) is 125 cm³/mol. The maximum absolute atomic E-state index is 11.9. The molecule has 0 bridgehead atoms. The molecule has 2 amide bonds. The first-order chi connectivity index (χ1) is 14.4. The third kappa shape index (κ3) is 5.50. The maximum Gasteiger partial charge on any atom is 0.253 e. The van der Waals surface area contributed by atoms with E-state index in [0.29, 0.717) is 12.3 Å². The number of nitrogens with zero attached hydrogens (tertiary/aromatic N) is 1. The van der Waals surface area contributed by atoms with Crippen LogP contribution >= 0.6 is 0 Å². The zero-order chi connectivity index (χ0) is 22.3. The van der Waals surface area contributed by atoms with Crippen LogP contribution in [-0.2, 0) is 24.1 Å². The van der Waals surface area contributed by atoms with Gasteiger partial charge in [0.25, 0.3) is 5.91 Å². The number of carbonyl (C=O) groups is 2. The Morgan fingerprint density at radius 1 is 1.03 bits per heavy atom. The fourth-order valence-corrected chi connectivity index (χ4v) is 3.80. The third-order valence-corrected chi connectivity index (χ3v) is 5.62. The van der Waals surface area contributed by atoms with E-state index in [1.165, 1.54) is 22.3 Å². The lowest BCUT2D eigenvalue weighted by atomic mass is 9.93. The molecule has 4 nitrogen and oxygen atoms in total. The van der Waals surface area contributed by atoms with Crippen molar-refractivity contribution in [1.82, 2.24) is 4.90 Å². The molecule has 0 aliphatic carbocycles. The lowest BCUT2D eigenvalue weighted by Crippen LogP contribution is -2.34. The average Bonchev–Trinajstić information content (AvgIpc) is 2.77. The van der Waals surface area contributed by atoms with Crippen LogP contribution in [0.4, 0.5) is 5.69 Å². The van der Waals surface area contributed by atoms with Gasteiger partial charge in [0, 0.05) is 31.3 Å². The van der Waals surface area contributed by atoms with Crippen molar-refractivity contribution in [3.05, 3.63) is 64.2 Å². The van der Waals surface area contributed by atoms with E-state index in [0.717, 1.165) is 37.1 Å². The quantitative estimate of drug-likeness (QED) is 0.703. The van der Waals surface area contributed by atoms with Gasteiger partial charge in [-0.3, -0.25) is 9.59 Å². The summed E-state index contributed by atoms with van der Waals surface area (Å²) in [5, 5.41) is 2.90. The van der Waals surface area contributed by atoms with Crippen molar-refractivity contribution in [2.45, 2.75) is 66.2 Å². The summed E-state index contributed by atoms with van der Waals surface area (Å²) >= 11 is 0. The molecule has 0 saturated carbocycles. The summed E-state index contributed by atoms with van der Waals surface area (Å²) in [4.78, 5) is 24.8. The van der Waals surface area contributed by atoms with E-state index in [1.54, 1.807) is 4.90 Å². The van der Waals surface area contributed by atoms with E-state index in [9.17, 15) is 9.59 Å². The van der Waals surface area contributed by atoms with Crippen molar-refractivity contribution in [2.24, 2.45) is 0 Å². The summed E-state index contributed by atoms with van der Waals surface area (Å²) in [6.45, 7) is 11.3. The molecule has 1 N–H and O–H groups in total. The van der Waals surface area contributed by atoms with Gasteiger partial charge in [-0.2, -0.15) is 0 Å². The van der Waals surface area contributed by atoms with Gasteiger partial charge in [-0.1, -0.05) is 58.9 Å². The number of nitrogens with one attached hydrogen (secondary N) is 1. The van der Waals surface area contributed by atoms with Crippen LogP contribution in [0.15, 0.2) is 36.4 Å². The van der Waals surface area contributed by atoms with Crippen LogP contribution in [0.25, 0.3) is 0 Å². The summed E-state index contributed by atoms with van der Waals surface area (Å²) in [7, 11) is 1.87. The number of hydrogen-bond acceptors (Lipinski definition) is 2. The van der Waals surface area contributed by atoms with Crippen molar-refractivity contribution < 1.29 is 9.59 Å². The molecule has 0 unspecified atom stereocenters. The summed E-state index contributed by atoms with van der Waals surface area (Å²) < 4.78 is 0. The van der Waals surface area contributed by atoms with Crippen molar-refractivity contribution >= 4 is 17.5 Å². The number of fused-ring (bicyclic) bond motifs is 2. The minimum Gasteiger partial charge on any atom is -0.341 e. The van der Waals surface area contributed by atoms with Crippen LogP contribution in [0.2, 0.25) is 0 Å². The van der Waals surface area contributed by atoms with Crippen LogP contribution in [0.5, 0.6) is 0 Å². The highest BCUT2D eigenvalue weighted by Crippen LogP contribution is 2.26. The number of rotatable bonds is 2. The van der Waals surface area contributed by atoms with Gasteiger partial charge in [-0.15, -0.1) is 0 Å². The average molecular weight is 409 g/mol. The molecule has 2 aromatic carbocycles. The zero-order valence-electron chi connectivity index (χ0n) is 19.3. The number of aryl methyl sites for hydroxylation is 1. The normalized spacial score (nSPS) is 14.6. The number of amides is 2. The molecule has 0 aromatic heterocycles. The van der Waals surface area contributed by atoms with E-state index in [4.69, 9.17) is 0 Å². The molecule has 4 heteroatoms. The first-order valence-corrected chi connectivity index (χ1v) is 11.2. The molecule has 2 aromatic rings. The Bertz CT molecular complexity index is 887. The Morgan fingerprint density at radius 2 is 1.77 bits per heavy atom. The number of hydrogen-bond donors (Lipinski definition) is 1. The van der Waals surface area contributed by atoms with Gasteiger partial charge in [0.2, 0.25) is 5.91 Å². The minimum atomic E-state index is 0.140. The van der Waals surface area contributed by atoms with Gasteiger partial charge in [-0.25, -0.2) is 0 Å². The molecular formula is C26H36N2O2. The van der Waals surface area contributed by atoms with Crippen LogP contribution < -0.4 is 5.32 Å². The zero-order valence-corrected chi connectivity index (χ0v) is 19.3. The largest absolute Gasteiger partial charge is 0.341 e. The van der Waals surface area contributed by atoms with Gasteiger partial charge in [0.15, 0.2) is 0 Å². The molecule has 2 heterocycles. The van der Waals surface area contributed by atoms with Crippen molar-refractivity contribution in [3.63, 3.8) is 0 Å². The lowest BCUT2D eigenvalue weighted by Gasteiger charge is -2.25. The Morgan fingerprint density at radius 3 is 2.43 bits per heavy atom. The summed E-state index contributed by atoms with van der Waals surface area (Å²) in [6.07, 6.45) is 3.55. The highest BCUT2D eigenvalue weighted by molar-refractivity contribution is 5.96. The second kappa shape index (κ2) is 11.0. The third-order valence-electron chi connectivity index (χ3n) is 5.62. The Labute approximate surface area is 181 Å². The van der Waals surface area contributed by atoms with Crippen LogP contribution in [-0.4, -0.2) is 30.3 Å². The van der Waals surface area contributed by atoms with E-state index < -0.39 is 0 Å². The highest BCUT2D eigenvalue weighted by Gasteiger charge is 2.21. The monoisotopic (exact) mass is 408 g/mol. The first-order valence-electron chi connectivity index (χ1n) is 11.2. The fourth-order valence-electron chi connectivity index (χ4n) is 3.80. The van der Waals surface area contributed by atoms with Gasteiger partial charge in [-0.05, 0) is 59.6 Å². The van der Waals surface area contributed by atoms with Gasteiger partial charge in [0.05, 0.1) is 0 Å². The van der Waals surface area contributed by atoms with Crippen LogP contribution in [0.1, 0.15) is 79.6 Å². The van der Waals surface area contributed by atoms with Crippen molar-refractivity contribution in [3.8, 4) is 0 Å². The van der Waals surface area contributed by atoms with Crippen molar-refractivity contribution in [1.29, 1.82) is 0 Å². The first kappa shape index (κ1) is 23.7. The van der Waals surface area contributed by atoms with E-state index in [1.807, 2.05) is 33.0 Å². The van der Waals surface area contributed by atoms with Crippen LogP contribution in [0.3, 0.4) is 0 Å². The van der Waals surface area contributed by atoms with E-state index in [2.05, 4.69) is 50.4 Å². The predicted octanol–water partition coefficient (Wildman–Crippen LogP) is 5.60. The second-order valence-corrected chi connectivity index (χ2v) is 7.89. The van der Waals surface area contributed by atoms with E-state index in [-0.39, 0.29) is 11.8 Å². The minimum absolute atomic E-state index is 0.140. The number of benzene rings is 2.